The van der Waals surface area contributed by atoms with Crippen LogP contribution in [0.1, 0.15) is 29.0 Å². The van der Waals surface area contributed by atoms with Crippen LogP contribution in [0.2, 0.25) is 0 Å². The molecule has 0 saturated heterocycles. The molecule has 1 atom stereocenters. The van der Waals surface area contributed by atoms with Crippen LogP contribution < -0.4 is 16.2 Å². The highest BCUT2D eigenvalue weighted by Gasteiger charge is 2.18. The van der Waals surface area contributed by atoms with Crippen molar-refractivity contribution < 1.29 is 9.59 Å². The maximum atomic E-state index is 12.8. The van der Waals surface area contributed by atoms with Gasteiger partial charge in [0.25, 0.3) is 11.5 Å². The minimum Gasteiger partial charge on any atom is -0.354 e. The molecule has 0 aliphatic rings. The van der Waals surface area contributed by atoms with Crippen LogP contribution in [0.3, 0.4) is 0 Å². The van der Waals surface area contributed by atoms with Gasteiger partial charge in [0.05, 0.1) is 11.4 Å². The van der Waals surface area contributed by atoms with E-state index in [4.69, 9.17) is 0 Å². The Kier molecular flexibility index (Phi) is 5.49. The Morgan fingerprint density at radius 3 is 2.39 bits per heavy atom. The fraction of sp³-hybridized carbons (Fsp3) is 0.167. The lowest BCUT2D eigenvalue weighted by Gasteiger charge is -2.16. The van der Waals surface area contributed by atoms with E-state index in [-0.39, 0.29) is 24.2 Å². The zero-order chi connectivity index (χ0) is 22.0. The number of carbonyl (C=O) groups excluding carboxylic acids is 2. The van der Waals surface area contributed by atoms with Crippen LogP contribution in [0.15, 0.2) is 71.5 Å². The second kappa shape index (κ2) is 8.39. The van der Waals surface area contributed by atoms with Crippen molar-refractivity contribution in [3.8, 4) is 0 Å². The quantitative estimate of drug-likeness (QED) is 0.525. The highest BCUT2D eigenvalue weighted by molar-refractivity contribution is 6.04. The summed E-state index contributed by atoms with van der Waals surface area (Å²) in [4.78, 5) is 37.8. The van der Waals surface area contributed by atoms with E-state index in [0.717, 1.165) is 21.0 Å². The molecule has 0 spiro atoms. The Bertz CT molecular complexity index is 1360. The van der Waals surface area contributed by atoms with Crippen LogP contribution >= 0.6 is 0 Å². The number of amides is 2. The molecule has 0 radical (unpaired) electrons. The summed E-state index contributed by atoms with van der Waals surface area (Å²) in [5, 5.41) is 12.6. The number of hydrogen-bond donors (Lipinski definition) is 2. The summed E-state index contributed by atoms with van der Waals surface area (Å²) >= 11 is 0. The maximum Gasteiger partial charge on any atom is 0.275 e. The molecule has 0 aliphatic heterocycles. The summed E-state index contributed by atoms with van der Waals surface area (Å²) in [5.41, 5.74) is 0.641. The Morgan fingerprint density at radius 2 is 1.65 bits per heavy atom. The molecule has 0 fully saturated rings. The first-order valence-corrected chi connectivity index (χ1v) is 9.98. The number of nitrogens with one attached hydrogen (secondary N) is 2. The van der Waals surface area contributed by atoms with Crippen molar-refractivity contribution in [1.29, 1.82) is 0 Å². The van der Waals surface area contributed by atoms with Crippen LogP contribution in [0, 0.1) is 0 Å². The lowest BCUT2D eigenvalue weighted by Crippen LogP contribution is -2.36. The topological polar surface area (TPSA) is 93.1 Å². The predicted molar refractivity (Wildman–Crippen MR) is 120 cm³/mol. The van der Waals surface area contributed by atoms with Crippen molar-refractivity contribution in [2.24, 2.45) is 0 Å². The van der Waals surface area contributed by atoms with Crippen LogP contribution in [-0.2, 0) is 11.3 Å². The van der Waals surface area contributed by atoms with Gasteiger partial charge in [-0.1, -0.05) is 54.6 Å². The number of hydrogen-bond acceptors (Lipinski definition) is 4. The third kappa shape index (κ3) is 4.02. The summed E-state index contributed by atoms with van der Waals surface area (Å²) in [6.07, 6.45) is 0. The molecule has 0 saturated carbocycles. The van der Waals surface area contributed by atoms with Crippen molar-refractivity contribution in [3.05, 3.63) is 88.3 Å². The van der Waals surface area contributed by atoms with Gasteiger partial charge in [-0.3, -0.25) is 14.4 Å². The van der Waals surface area contributed by atoms with Crippen molar-refractivity contribution in [2.45, 2.75) is 19.5 Å². The summed E-state index contributed by atoms with van der Waals surface area (Å²) < 4.78 is 1.04. The molecule has 31 heavy (non-hydrogen) atoms. The summed E-state index contributed by atoms with van der Waals surface area (Å²) in [5.74, 6) is -0.789. The van der Waals surface area contributed by atoms with Crippen molar-refractivity contribution >= 4 is 33.4 Å². The van der Waals surface area contributed by atoms with E-state index in [1.165, 1.54) is 7.05 Å². The van der Waals surface area contributed by atoms with E-state index in [2.05, 4.69) is 15.7 Å². The van der Waals surface area contributed by atoms with Crippen molar-refractivity contribution in [3.63, 3.8) is 0 Å². The Hall–Kier alpha value is -4.00. The monoisotopic (exact) mass is 414 g/mol. The molecule has 2 amide bonds. The van der Waals surface area contributed by atoms with Crippen LogP contribution in [0.5, 0.6) is 0 Å². The molecule has 1 aromatic heterocycles. The predicted octanol–water partition coefficient (Wildman–Crippen LogP) is 2.79. The molecule has 4 rings (SSSR count). The number of benzene rings is 3. The zero-order valence-corrected chi connectivity index (χ0v) is 17.3. The van der Waals surface area contributed by atoms with E-state index < -0.39 is 11.5 Å². The molecule has 3 aromatic carbocycles. The molecule has 2 N–H and O–H groups in total. The van der Waals surface area contributed by atoms with E-state index in [1.807, 2.05) is 49.4 Å². The Labute approximate surface area is 178 Å². The molecular formula is C24H22N4O3. The second-order valence-electron chi connectivity index (χ2n) is 7.33. The van der Waals surface area contributed by atoms with Crippen LogP contribution in [-0.4, -0.2) is 28.6 Å². The lowest BCUT2D eigenvalue weighted by atomic mass is 10.0. The Morgan fingerprint density at radius 1 is 0.968 bits per heavy atom. The molecule has 4 aromatic rings. The number of fused-ring (bicyclic) bond motifs is 2. The highest BCUT2D eigenvalue weighted by atomic mass is 16.2. The number of nitrogens with zero attached hydrogens (tertiary/aromatic N) is 2. The Balaban J connectivity index is 1.59. The zero-order valence-electron chi connectivity index (χ0n) is 17.3. The van der Waals surface area contributed by atoms with E-state index >= 15 is 0 Å². The first-order valence-electron chi connectivity index (χ1n) is 9.98. The number of rotatable bonds is 5. The summed E-state index contributed by atoms with van der Waals surface area (Å²) in [7, 11) is 1.49. The highest BCUT2D eigenvalue weighted by Crippen LogP contribution is 2.20. The maximum absolute atomic E-state index is 12.8. The third-order valence-corrected chi connectivity index (χ3v) is 5.25. The van der Waals surface area contributed by atoms with Gasteiger partial charge in [-0.15, -0.1) is 0 Å². The second-order valence-corrected chi connectivity index (χ2v) is 7.33. The smallest absolute Gasteiger partial charge is 0.275 e. The van der Waals surface area contributed by atoms with Gasteiger partial charge in [0.15, 0.2) is 5.69 Å². The largest absolute Gasteiger partial charge is 0.354 e. The molecule has 156 valence electrons. The molecule has 7 nitrogen and oxygen atoms in total. The molecular weight excluding hydrogens is 392 g/mol. The van der Waals surface area contributed by atoms with Gasteiger partial charge in [-0.25, -0.2) is 4.68 Å². The third-order valence-electron chi connectivity index (χ3n) is 5.25. The minimum absolute atomic E-state index is 0.105. The van der Waals surface area contributed by atoms with Gasteiger partial charge in [0, 0.05) is 12.4 Å². The molecule has 0 bridgehead atoms. The van der Waals surface area contributed by atoms with Gasteiger partial charge in [0.2, 0.25) is 5.91 Å². The van der Waals surface area contributed by atoms with Gasteiger partial charge in [0.1, 0.15) is 6.54 Å². The first-order chi connectivity index (χ1) is 15.0. The summed E-state index contributed by atoms with van der Waals surface area (Å²) in [6.45, 7) is 1.60. The number of aromatic nitrogens is 2. The van der Waals surface area contributed by atoms with Crippen molar-refractivity contribution in [1.82, 2.24) is 20.4 Å². The van der Waals surface area contributed by atoms with E-state index in [1.54, 1.807) is 24.3 Å². The summed E-state index contributed by atoms with van der Waals surface area (Å²) in [6, 6.07) is 20.5. The lowest BCUT2D eigenvalue weighted by molar-refractivity contribution is -0.122. The van der Waals surface area contributed by atoms with Crippen LogP contribution in [0.4, 0.5) is 0 Å². The van der Waals surface area contributed by atoms with E-state index in [0.29, 0.717) is 10.8 Å². The fourth-order valence-electron chi connectivity index (χ4n) is 3.61. The number of carbonyl (C=O) groups is 2. The van der Waals surface area contributed by atoms with Gasteiger partial charge < -0.3 is 10.6 Å². The standard InChI is InChI=1S/C24H22N4O3/c1-15(17-12-11-16-7-3-4-8-18(16)13-17)26-21(29)14-28-24(31)20-10-6-5-9-19(20)22(27-28)23(30)25-2/h3-13,15H,14H2,1-2H3,(H,25,30)(H,26,29). The molecule has 1 heterocycles. The van der Waals surface area contributed by atoms with Crippen LogP contribution in [0.25, 0.3) is 21.5 Å². The normalized spacial score (nSPS) is 11.9. The molecule has 7 heteroatoms. The van der Waals surface area contributed by atoms with Gasteiger partial charge >= 0.3 is 0 Å². The average molecular weight is 414 g/mol. The fourth-order valence-corrected chi connectivity index (χ4v) is 3.61. The first kappa shape index (κ1) is 20.3. The minimum atomic E-state index is -0.421. The van der Waals surface area contributed by atoms with Crippen molar-refractivity contribution in [2.75, 3.05) is 7.05 Å². The molecule has 0 aliphatic carbocycles. The van der Waals surface area contributed by atoms with Gasteiger partial charge in [-0.05, 0) is 35.4 Å². The average Bonchev–Trinajstić information content (AvgIpc) is 2.80. The van der Waals surface area contributed by atoms with Gasteiger partial charge in [-0.2, -0.15) is 5.10 Å². The SMILES string of the molecule is CNC(=O)c1nn(CC(=O)NC(C)c2ccc3ccccc3c2)c(=O)c2ccccc12. The molecule has 1 unspecified atom stereocenters. The van der Waals surface area contributed by atoms with E-state index in [9.17, 15) is 14.4 Å².